The van der Waals surface area contributed by atoms with Crippen molar-refractivity contribution in [3.8, 4) is 11.8 Å². The number of nitrogens with one attached hydrogen (secondary N) is 3. The summed E-state index contributed by atoms with van der Waals surface area (Å²) in [4.78, 5) is 38.5. The van der Waals surface area contributed by atoms with Gasteiger partial charge in [0.25, 0.3) is 0 Å². The number of halogens is 1. The highest BCUT2D eigenvalue weighted by Gasteiger charge is 2.33. The molecule has 0 unspecified atom stereocenters. The lowest BCUT2D eigenvalue weighted by Crippen LogP contribution is -2.52. The van der Waals surface area contributed by atoms with Gasteiger partial charge in [0.2, 0.25) is 17.8 Å². The van der Waals surface area contributed by atoms with Gasteiger partial charge in [-0.25, -0.2) is 14.8 Å². The van der Waals surface area contributed by atoms with Gasteiger partial charge in [-0.15, -0.1) is 0 Å². The molecule has 1 saturated carbocycles. The summed E-state index contributed by atoms with van der Waals surface area (Å²) in [6.07, 6.45) is 4.79. The lowest BCUT2D eigenvalue weighted by atomic mass is 9.80. The first-order valence-corrected chi connectivity index (χ1v) is 12.7. The second-order valence-corrected chi connectivity index (χ2v) is 10.3. The Bertz CT molecular complexity index is 1200. The molecule has 204 valence electrons. The zero-order valence-electron chi connectivity index (χ0n) is 22.8. The molecule has 1 atom stereocenters. The van der Waals surface area contributed by atoms with Crippen LogP contribution in [0.4, 0.5) is 26.6 Å². The monoisotopic (exact) mass is 525 g/mol. The van der Waals surface area contributed by atoms with Crippen molar-refractivity contribution in [2.45, 2.75) is 71.6 Å². The predicted octanol–water partition coefficient (Wildman–Crippen LogP) is 4.08. The van der Waals surface area contributed by atoms with Crippen LogP contribution in [0.5, 0.6) is 0 Å². The number of carbonyl (C=O) groups is 2. The Hall–Kier alpha value is -3.94. The molecule has 1 aliphatic rings. The van der Waals surface area contributed by atoms with Crippen LogP contribution < -0.4 is 16.0 Å². The Morgan fingerprint density at radius 2 is 2.03 bits per heavy atom. The molecular formula is C27H36FN7O3. The van der Waals surface area contributed by atoms with E-state index >= 15 is 0 Å². The second-order valence-electron chi connectivity index (χ2n) is 10.3. The van der Waals surface area contributed by atoms with Crippen LogP contribution >= 0.6 is 0 Å². The summed E-state index contributed by atoms with van der Waals surface area (Å²) in [5.74, 6) is 6.61. The first kappa shape index (κ1) is 28.6. The van der Waals surface area contributed by atoms with Crippen molar-refractivity contribution in [2.75, 3.05) is 24.2 Å². The fraction of sp³-hybridized carbons (Fsp3) is 0.519. The third-order valence-electron chi connectivity index (χ3n) is 5.85. The lowest BCUT2D eigenvalue weighted by molar-refractivity contribution is -0.126. The largest absolute Gasteiger partial charge is 0.444 e. The minimum atomic E-state index is -0.657. The van der Waals surface area contributed by atoms with E-state index in [0.29, 0.717) is 42.4 Å². The van der Waals surface area contributed by atoms with Gasteiger partial charge in [0.05, 0.1) is 11.8 Å². The molecule has 1 aliphatic carbocycles. The molecule has 0 spiro atoms. The van der Waals surface area contributed by atoms with Crippen LogP contribution in [0.2, 0.25) is 0 Å². The smallest absolute Gasteiger partial charge is 0.410 e. The molecule has 0 bridgehead atoms. The summed E-state index contributed by atoms with van der Waals surface area (Å²) in [6.45, 7) is 9.78. The summed E-state index contributed by atoms with van der Waals surface area (Å²) in [7, 11) is 1.55. The van der Waals surface area contributed by atoms with Crippen molar-refractivity contribution < 1.29 is 18.7 Å². The van der Waals surface area contributed by atoms with Gasteiger partial charge >= 0.3 is 6.09 Å². The van der Waals surface area contributed by atoms with Crippen molar-refractivity contribution >= 4 is 29.5 Å². The van der Waals surface area contributed by atoms with E-state index in [4.69, 9.17) is 4.74 Å². The SMILES string of the molecule is CCCNc1nc(Nc2ccnc(F)c2)ncc1C#C[C@H]1C[C@@H](NC(=O)[C@H](C)N(C)C(=O)OC(C)(C)C)C1. The maximum Gasteiger partial charge on any atom is 0.410 e. The van der Waals surface area contributed by atoms with Gasteiger partial charge in [0, 0.05) is 43.5 Å². The van der Waals surface area contributed by atoms with Crippen LogP contribution in [0.3, 0.4) is 0 Å². The highest BCUT2D eigenvalue weighted by Crippen LogP contribution is 2.27. The van der Waals surface area contributed by atoms with Crippen molar-refractivity contribution in [1.82, 2.24) is 25.2 Å². The number of nitrogens with zero attached hydrogens (tertiary/aromatic N) is 4. The second kappa shape index (κ2) is 12.5. The zero-order chi connectivity index (χ0) is 27.9. The summed E-state index contributed by atoms with van der Waals surface area (Å²) in [5, 5.41) is 9.22. The molecule has 3 rings (SSSR count). The lowest BCUT2D eigenvalue weighted by Gasteiger charge is -2.34. The molecule has 2 amide bonds. The molecule has 11 heteroatoms. The van der Waals surface area contributed by atoms with Gasteiger partial charge in [0.15, 0.2) is 0 Å². The number of ether oxygens (including phenoxy) is 1. The van der Waals surface area contributed by atoms with E-state index in [1.807, 2.05) is 6.92 Å². The molecule has 2 heterocycles. The van der Waals surface area contributed by atoms with Crippen molar-refractivity contribution in [1.29, 1.82) is 0 Å². The minimum absolute atomic E-state index is 0.00226. The van der Waals surface area contributed by atoms with Crippen LogP contribution in [0, 0.1) is 23.7 Å². The minimum Gasteiger partial charge on any atom is -0.444 e. The zero-order valence-corrected chi connectivity index (χ0v) is 22.8. The predicted molar refractivity (Wildman–Crippen MR) is 143 cm³/mol. The number of aromatic nitrogens is 3. The first-order chi connectivity index (χ1) is 17.9. The highest BCUT2D eigenvalue weighted by atomic mass is 19.1. The molecule has 3 N–H and O–H groups in total. The number of hydrogen-bond donors (Lipinski definition) is 3. The number of likely N-dealkylation sites (N-methyl/N-ethyl adjacent to an activating group) is 1. The average Bonchev–Trinajstić information content (AvgIpc) is 2.82. The van der Waals surface area contributed by atoms with Crippen molar-refractivity contribution in [3.05, 3.63) is 36.0 Å². The van der Waals surface area contributed by atoms with E-state index in [0.717, 1.165) is 6.42 Å². The summed E-state index contributed by atoms with van der Waals surface area (Å²) < 4.78 is 18.7. The van der Waals surface area contributed by atoms with Gasteiger partial charge in [-0.1, -0.05) is 18.8 Å². The van der Waals surface area contributed by atoms with Gasteiger partial charge in [0.1, 0.15) is 17.5 Å². The molecule has 1 fully saturated rings. The van der Waals surface area contributed by atoms with Gasteiger partial charge < -0.3 is 20.7 Å². The van der Waals surface area contributed by atoms with E-state index in [9.17, 15) is 14.0 Å². The molecule has 10 nitrogen and oxygen atoms in total. The molecule has 0 saturated heterocycles. The van der Waals surface area contributed by atoms with Crippen LogP contribution in [0.25, 0.3) is 0 Å². The standard InChI is InChI=1S/C27H36FN7O3/c1-7-11-30-23-19(16-31-25(34-23)33-20-10-12-29-22(28)15-20)9-8-18-13-21(14-18)32-24(36)17(2)35(6)26(37)38-27(3,4)5/h10,12,15-18,21H,7,11,13-14H2,1-6H3,(H,32,36)(H2,29,30,31,33,34)/t17-,18-,21+/m0/s1. The van der Waals surface area contributed by atoms with Gasteiger partial charge in [-0.05, 0) is 53.0 Å². The molecule has 0 aliphatic heterocycles. The molecule has 2 aromatic rings. The quantitative estimate of drug-likeness (QED) is 0.348. The fourth-order valence-electron chi connectivity index (χ4n) is 3.54. The Balaban J connectivity index is 1.56. The number of hydrogen-bond acceptors (Lipinski definition) is 8. The maximum absolute atomic E-state index is 13.4. The van der Waals surface area contributed by atoms with Crippen molar-refractivity contribution in [3.63, 3.8) is 0 Å². The average molecular weight is 526 g/mol. The van der Waals surface area contributed by atoms with E-state index < -0.39 is 23.7 Å². The Kier molecular flexibility index (Phi) is 9.45. The molecule has 2 aromatic heterocycles. The normalized spacial score (nSPS) is 17.2. The van der Waals surface area contributed by atoms with E-state index in [1.54, 1.807) is 47.0 Å². The molecule has 0 radical (unpaired) electrons. The van der Waals surface area contributed by atoms with E-state index in [2.05, 4.69) is 42.7 Å². The third-order valence-corrected chi connectivity index (χ3v) is 5.85. The fourth-order valence-corrected chi connectivity index (χ4v) is 3.54. The van der Waals surface area contributed by atoms with E-state index in [-0.39, 0.29) is 17.9 Å². The number of amides is 2. The maximum atomic E-state index is 13.4. The molecule has 0 aromatic carbocycles. The van der Waals surface area contributed by atoms with Crippen LogP contribution in [0.15, 0.2) is 24.5 Å². The van der Waals surface area contributed by atoms with E-state index in [1.165, 1.54) is 17.2 Å². The number of anilines is 3. The highest BCUT2D eigenvalue weighted by molar-refractivity contribution is 5.85. The van der Waals surface area contributed by atoms with Crippen LogP contribution in [-0.2, 0) is 9.53 Å². The third kappa shape index (κ3) is 8.30. The summed E-state index contributed by atoms with van der Waals surface area (Å²) >= 11 is 0. The first-order valence-electron chi connectivity index (χ1n) is 12.7. The summed E-state index contributed by atoms with van der Waals surface area (Å²) in [6, 6.07) is 2.23. The van der Waals surface area contributed by atoms with Crippen molar-refractivity contribution in [2.24, 2.45) is 5.92 Å². The number of rotatable bonds is 8. The van der Waals surface area contributed by atoms with Crippen LogP contribution in [-0.4, -0.2) is 63.1 Å². The molecule has 38 heavy (non-hydrogen) atoms. The number of carbonyl (C=O) groups excluding carboxylic acids is 2. The topological polar surface area (TPSA) is 121 Å². The van der Waals surface area contributed by atoms with Crippen LogP contribution in [0.1, 0.15) is 59.4 Å². The Morgan fingerprint density at radius 1 is 1.29 bits per heavy atom. The molecular weight excluding hydrogens is 489 g/mol. The summed E-state index contributed by atoms with van der Waals surface area (Å²) in [5.41, 5.74) is 0.519. The number of pyridine rings is 1. The Labute approximate surface area is 223 Å². The Morgan fingerprint density at radius 3 is 2.68 bits per heavy atom. The van der Waals surface area contributed by atoms with Gasteiger partial charge in [-0.2, -0.15) is 9.37 Å². The van der Waals surface area contributed by atoms with Gasteiger partial charge in [-0.3, -0.25) is 9.69 Å².